The summed E-state index contributed by atoms with van der Waals surface area (Å²) in [6.07, 6.45) is 2.20. The summed E-state index contributed by atoms with van der Waals surface area (Å²) >= 11 is 7.25. The van der Waals surface area contributed by atoms with Crippen LogP contribution in [0.1, 0.15) is 43.7 Å². The van der Waals surface area contributed by atoms with Crippen LogP contribution < -0.4 is 9.62 Å². The van der Waals surface area contributed by atoms with Crippen molar-refractivity contribution in [3.8, 4) is 0 Å². The molecule has 2 amide bonds. The van der Waals surface area contributed by atoms with Gasteiger partial charge in [-0.2, -0.15) is 0 Å². The summed E-state index contributed by atoms with van der Waals surface area (Å²) in [4.78, 5) is 29.8. The van der Waals surface area contributed by atoms with Crippen molar-refractivity contribution in [3.63, 3.8) is 0 Å². The van der Waals surface area contributed by atoms with Gasteiger partial charge in [-0.05, 0) is 82.0 Å². The minimum absolute atomic E-state index is 0.0569. The molecule has 1 atom stereocenters. The molecule has 1 aromatic heterocycles. The van der Waals surface area contributed by atoms with Crippen LogP contribution in [0.15, 0.2) is 42.1 Å². The van der Waals surface area contributed by atoms with Crippen LogP contribution >= 0.6 is 22.9 Å². The van der Waals surface area contributed by atoms with E-state index >= 15 is 0 Å². The summed E-state index contributed by atoms with van der Waals surface area (Å²) in [5.41, 5.74) is 2.23. The molecule has 0 fully saturated rings. The molecular formula is C25H30ClN3O5S2. The fourth-order valence-corrected chi connectivity index (χ4v) is 6.52. The summed E-state index contributed by atoms with van der Waals surface area (Å²) in [6, 6.07) is 9.16. The van der Waals surface area contributed by atoms with Crippen LogP contribution in [0.2, 0.25) is 4.34 Å². The molecule has 1 N–H and O–H groups in total. The first-order valence-electron chi connectivity index (χ1n) is 11.7. The molecule has 0 spiro atoms. The topological polar surface area (TPSA) is 96.0 Å². The molecule has 0 radical (unpaired) electrons. The number of nitrogens with zero attached hydrogens (tertiary/aromatic N) is 2. The minimum Gasteiger partial charge on any atom is -0.444 e. The van der Waals surface area contributed by atoms with Crippen LogP contribution in [0, 0.1) is 0 Å². The minimum atomic E-state index is -3.69. The predicted octanol–water partition coefficient (Wildman–Crippen LogP) is 4.48. The van der Waals surface area contributed by atoms with E-state index in [1.807, 2.05) is 45.9 Å². The number of hydrogen-bond donors (Lipinski definition) is 1. The molecule has 0 bridgehead atoms. The lowest BCUT2D eigenvalue weighted by Gasteiger charge is -2.36. The Labute approximate surface area is 220 Å². The number of amides is 2. The molecule has 3 heterocycles. The van der Waals surface area contributed by atoms with Gasteiger partial charge in [0.15, 0.2) is 0 Å². The number of rotatable bonds is 6. The maximum absolute atomic E-state index is 13.0. The van der Waals surface area contributed by atoms with E-state index in [1.165, 1.54) is 11.3 Å². The van der Waals surface area contributed by atoms with Gasteiger partial charge >= 0.3 is 6.09 Å². The molecule has 36 heavy (non-hydrogen) atoms. The van der Waals surface area contributed by atoms with Crippen LogP contribution in [0.5, 0.6) is 0 Å². The van der Waals surface area contributed by atoms with Crippen LogP contribution in [-0.4, -0.2) is 49.3 Å². The first kappa shape index (κ1) is 26.5. The van der Waals surface area contributed by atoms with Crippen molar-refractivity contribution in [1.29, 1.82) is 0 Å². The Kier molecular flexibility index (Phi) is 7.41. The summed E-state index contributed by atoms with van der Waals surface area (Å²) in [7, 11) is -3.69. The lowest BCUT2D eigenvalue weighted by atomic mass is 9.94. The number of halogens is 1. The van der Waals surface area contributed by atoms with Gasteiger partial charge in [-0.1, -0.05) is 17.7 Å². The summed E-state index contributed by atoms with van der Waals surface area (Å²) in [5, 5.41) is 0. The molecule has 194 valence electrons. The fourth-order valence-electron chi connectivity index (χ4n) is 4.20. The molecule has 0 aliphatic carbocycles. The van der Waals surface area contributed by atoms with Crippen molar-refractivity contribution in [1.82, 2.24) is 9.62 Å². The van der Waals surface area contributed by atoms with E-state index in [4.69, 9.17) is 16.3 Å². The molecule has 1 unspecified atom stereocenters. The standard InChI is InChI=1S/C25H30ClN3O5S2/c1-16-13-18-14-19(6-5-17(18)15-29(16)24(31)34-25(2,3)4)28-11-9-21(23(28)30)27-36(32,33)12-10-20-7-8-22(26)35-20/h5-9,14,16,27H,10-13,15H2,1-4H3. The molecular weight excluding hydrogens is 522 g/mol. The van der Waals surface area contributed by atoms with E-state index < -0.39 is 21.5 Å². The van der Waals surface area contributed by atoms with Crippen LogP contribution in [0.25, 0.3) is 0 Å². The number of carbonyl (C=O) groups is 2. The van der Waals surface area contributed by atoms with Crippen LogP contribution in [0.4, 0.5) is 10.5 Å². The number of fused-ring (bicyclic) bond motifs is 1. The average Bonchev–Trinajstić information content (AvgIpc) is 3.35. The molecule has 4 rings (SSSR count). The third kappa shape index (κ3) is 6.22. The molecule has 2 aromatic rings. The number of aryl methyl sites for hydroxylation is 1. The number of carbonyl (C=O) groups excluding carboxylic acids is 2. The second-order valence-corrected chi connectivity index (χ2v) is 13.7. The predicted molar refractivity (Wildman–Crippen MR) is 142 cm³/mol. The van der Waals surface area contributed by atoms with Gasteiger partial charge in [0, 0.05) is 29.7 Å². The first-order chi connectivity index (χ1) is 16.8. The first-order valence-corrected chi connectivity index (χ1v) is 14.5. The van der Waals surface area contributed by atoms with E-state index in [2.05, 4.69) is 4.72 Å². The molecule has 0 saturated carbocycles. The third-order valence-electron chi connectivity index (χ3n) is 5.98. The van der Waals surface area contributed by atoms with Gasteiger partial charge in [-0.3, -0.25) is 9.52 Å². The van der Waals surface area contributed by atoms with Crippen molar-refractivity contribution < 1.29 is 22.7 Å². The van der Waals surface area contributed by atoms with Gasteiger partial charge < -0.3 is 14.5 Å². The molecule has 1 aromatic carbocycles. The van der Waals surface area contributed by atoms with Crippen LogP contribution in [-0.2, 0) is 38.9 Å². The van der Waals surface area contributed by atoms with Crippen molar-refractivity contribution in [2.75, 3.05) is 17.2 Å². The van der Waals surface area contributed by atoms with E-state index in [9.17, 15) is 18.0 Å². The molecule has 11 heteroatoms. The van der Waals surface area contributed by atoms with E-state index in [0.717, 1.165) is 16.0 Å². The van der Waals surface area contributed by atoms with Crippen LogP contribution in [0.3, 0.4) is 0 Å². The Morgan fingerprint density at radius 2 is 1.97 bits per heavy atom. The number of anilines is 1. The smallest absolute Gasteiger partial charge is 0.410 e. The quantitative estimate of drug-likeness (QED) is 0.571. The number of hydrogen-bond acceptors (Lipinski definition) is 6. The van der Waals surface area contributed by atoms with Gasteiger partial charge in [0.25, 0.3) is 5.91 Å². The van der Waals surface area contributed by atoms with E-state index in [-0.39, 0.29) is 30.1 Å². The van der Waals surface area contributed by atoms with Gasteiger partial charge in [0.2, 0.25) is 10.0 Å². The largest absolute Gasteiger partial charge is 0.444 e. The second-order valence-electron chi connectivity index (χ2n) is 10.0. The normalized spacial score (nSPS) is 18.2. The highest BCUT2D eigenvalue weighted by atomic mass is 35.5. The molecule has 2 aliphatic rings. The maximum Gasteiger partial charge on any atom is 0.410 e. The third-order valence-corrected chi connectivity index (χ3v) is 8.55. The number of nitrogens with one attached hydrogen (secondary N) is 1. The lowest BCUT2D eigenvalue weighted by molar-refractivity contribution is -0.114. The monoisotopic (exact) mass is 551 g/mol. The lowest BCUT2D eigenvalue weighted by Crippen LogP contribution is -2.45. The Morgan fingerprint density at radius 3 is 2.64 bits per heavy atom. The van der Waals surface area contributed by atoms with Gasteiger partial charge in [-0.25, -0.2) is 13.2 Å². The highest BCUT2D eigenvalue weighted by Gasteiger charge is 2.32. The van der Waals surface area contributed by atoms with Crippen molar-refractivity contribution >= 4 is 50.6 Å². The number of thiophene rings is 1. The fraction of sp³-hybridized carbons (Fsp3) is 0.440. The Hall–Kier alpha value is -2.56. The molecule has 8 nitrogen and oxygen atoms in total. The highest BCUT2D eigenvalue weighted by molar-refractivity contribution is 7.89. The highest BCUT2D eigenvalue weighted by Crippen LogP contribution is 2.30. The number of benzene rings is 1. The van der Waals surface area contributed by atoms with Crippen molar-refractivity contribution in [3.05, 3.63) is 62.4 Å². The molecule has 2 aliphatic heterocycles. The van der Waals surface area contributed by atoms with E-state index in [0.29, 0.717) is 29.4 Å². The average molecular weight is 552 g/mol. The Balaban J connectivity index is 1.40. The Morgan fingerprint density at radius 1 is 1.22 bits per heavy atom. The van der Waals surface area contributed by atoms with Gasteiger partial charge in [-0.15, -0.1) is 11.3 Å². The van der Waals surface area contributed by atoms with Crippen molar-refractivity contribution in [2.45, 2.75) is 58.7 Å². The SMILES string of the molecule is CC1Cc2cc(N3CC=C(NS(=O)(=O)CCc4ccc(Cl)s4)C3=O)ccc2CN1C(=O)OC(C)(C)C. The van der Waals surface area contributed by atoms with Gasteiger partial charge in [0.1, 0.15) is 11.3 Å². The summed E-state index contributed by atoms with van der Waals surface area (Å²) in [5.74, 6) is -0.531. The van der Waals surface area contributed by atoms with Crippen molar-refractivity contribution in [2.24, 2.45) is 0 Å². The molecule has 0 saturated heterocycles. The summed E-state index contributed by atoms with van der Waals surface area (Å²) in [6.45, 7) is 8.20. The zero-order valence-corrected chi connectivity index (χ0v) is 23.1. The second kappa shape index (κ2) is 10.1. The Bertz CT molecular complexity index is 1310. The van der Waals surface area contributed by atoms with E-state index in [1.54, 1.807) is 28.0 Å². The zero-order valence-electron chi connectivity index (χ0n) is 20.7. The maximum atomic E-state index is 13.0. The number of ether oxygens (including phenoxy) is 1. The number of sulfonamides is 1. The summed E-state index contributed by atoms with van der Waals surface area (Å²) < 4.78 is 33.7. The van der Waals surface area contributed by atoms with Gasteiger partial charge in [0.05, 0.1) is 10.1 Å². The zero-order chi connectivity index (χ0) is 26.3.